The molecule has 2 aromatic carbocycles. The summed E-state index contributed by atoms with van der Waals surface area (Å²) in [4.78, 5) is 12.8. The molecule has 1 aliphatic rings. The van der Waals surface area contributed by atoms with Crippen molar-refractivity contribution in [2.45, 2.75) is 57.0 Å². The molecule has 0 saturated heterocycles. The second kappa shape index (κ2) is 8.41. The van der Waals surface area contributed by atoms with Gasteiger partial charge in [0.1, 0.15) is 0 Å². The van der Waals surface area contributed by atoms with Gasteiger partial charge in [0.2, 0.25) is 5.91 Å². The summed E-state index contributed by atoms with van der Waals surface area (Å²) in [7, 11) is 0. The van der Waals surface area contributed by atoms with Gasteiger partial charge in [-0.1, -0.05) is 42.1 Å². The Kier molecular flexibility index (Phi) is 5.72. The average Bonchev–Trinajstić information content (AvgIpc) is 3.34. The number of hydrogen-bond acceptors (Lipinski definition) is 4. The molecule has 1 atom stereocenters. The number of carbonyl (C=O) groups is 1. The second-order valence-corrected chi connectivity index (χ2v) is 8.76. The molecule has 0 unspecified atom stereocenters. The Balaban J connectivity index is 1.49. The van der Waals surface area contributed by atoms with Gasteiger partial charge in [-0.15, -0.1) is 10.2 Å². The minimum absolute atomic E-state index is 0.0176. The highest BCUT2D eigenvalue weighted by molar-refractivity contribution is 8.00. The van der Waals surface area contributed by atoms with Gasteiger partial charge in [-0.05, 0) is 68.9 Å². The van der Waals surface area contributed by atoms with Crippen molar-refractivity contribution in [1.82, 2.24) is 14.8 Å². The van der Waals surface area contributed by atoms with Crippen molar-refractivity contribution in [2.75, 3.05) is 5.32 Å². The maximum Gasteiger partial charge on any atom is 0.237 e. The molecule has 0 spiro atoms. The van der Waals surface area contributed by atoms with E-state index in [1.807, 2.05) is 25.1 Å². The third kappa shape index (κ3) is 4.08. The Morgan fingerprint density at radius 1 is 1.17 bits per heavy atom. The summed E-state index contributed by atoms with van der Waals surface area (Å²) >= 11 is 1.45. The largest absolute Gasteiger partial charge is 0.325 e. The van der Waals surface area contributed by atoms with Crippen LogP contribution in [0.15, 0.2) is 47.6 Å². The van der Waals surface area contributed by atoms with Crippen molar-refractivity contribution in [2.24, 2.45) is 0 Å². The highest BCUT2D eigenvalue weighted by atomic mass is 32.2. The molecule has 6 heteroatoms. The molecule has 0 bridgehead atoms. The van der Waals surface area contributed by atoms with Gasteiger partial charge >= 0.3 is 0 Å². The van der Waals surface area contributed by atoms with Gasteiger partial charge in [0.15, 0.2) is 11.0 Å². The number of hydrogen-bond donors (Lipinski definition) is 1. The first-order chi connectivity index (χ1) is 14.1. The second-order valence-electron chi connectivity index (χ2n) is 7.45. The van der Waals surface area contributed by atoms with Crippen LogP contribution in [0.25, 0.3) is 11.4 Å². The van der Waals surface area contributed by atoms with Crippen LogP contribution in [-0.2, 0) is 24.2 Å². The van der Waals surface area contributed by atoms with Gasteiger partial charge in [-0.2, -0.15) is 0 Å². The Morgan fingerprint density at radius 2 is 1.97 bits per heavy atom. The molecule has 29 heavy (non-hydrogen) atoms. The SMILES string of the molecule is CCn1c(S[C@@H](C)C(=O)Nc2ccc3c(c2)CCC3)nnc1-c1ccccc1C. The number of amides is 1. The van der Waals surface area contributed by atoms with Crippen LogP contribution in [0.3, 0.4) is 0 Å². The number of nitrogens with zero attached hydrogens (tertiary/aromatic N) is 3. The number of thioether (sulfide) groups is 1. The molecule has 0 saturated carbocycles. The van der Waals surface area contributed by atoms with Crippen LogP contribution >= 0.6 is 11.8 Å². The summed E-state index contributed by atoms with van der Waals surface area (Å²) in [5.41, 5.74) is 5.88. The van der Waals surface area contributed by atoms with Gasteiger partial charge < -0.3 is 9.88 Å². The lowest BCUT2D eigenvalue weighted by Gasteiger charge is -2.14. The number of nitrogens with one attached hydrogen (secondary N) is 1. The summed E-state index contributed by atoms with van der Waals surface area (Å²) in [6, 6.07) is 14.4. The number of aromatic nitrogens is 3. The van der Waals surface area contributed by atoms with Crippen molar-refractivity contribution in [3.63, 3.8) is 0 Å². The van der Waals surface area contributed by atoms with Crippen molar-refractivity contribution in [3.05, 3.63) is 59.2 Å². The predicted octanol–water partition coefficient (Wildman–Crippen LogP) is 4.88. The average molecular weight is 407 g/mol. The van der Waals surface area contributed by atoms with Crippen LogP contribution in [0.5, 0.6) is 0 Å². The minimum Gasteiger partial charge on any atom is -0.325 e. The van der Waals surface area contributed by atoms with Crippen molar-refractivity contribution >= 4 is 23.4 Å². The molecule has 1 heterocycles. The van der Waals surface area contributed by atoms with Gasteiger partial charge in [0.25, 0.3) is 0 Å². The third-order valence-electron chi connectivity index (χ3n) is 5.44. The van der Waals surface area contributed by atoms with Crippen LogP contribution in [0.1, 0.15) is 37.0 Å². The van der Waals surface area contributed by atoms with Crippen molar-refractivity contribution in [1.29, 1.82) is 0 Å². The van der Waals surface area contributed by atoms with E-state index in [2.05, 4.69) is 58.2 Å². The molecule has 0 aliphatic heterocycles. The van der Waals surface area contributed by atoms with E-state index >= 15 is 0 Å². The van der Waals surface area contributed by atoms with Crippen LogP contribution in [0.4, 0.5) is 5.69 Å². The minimum atomic E-state index is -0.275. The van der Waals surface area contributed by atoms with Gasteiger partial charge in [0, 0.05) is 17.8 Å². The zero-order valence-corrected chi connectivity index (χ0v) is 17.9. The van der Waals surface area contributed by atoms with E-state index in [0.717, 1.165) is 47.2 Å². The molecule has 150 valence electrons. The molecule has 0 radical (unpaired) electrons. The monoisotopic (exact) mass is 406 g/mol. The molecule has 1 aliphatic carbocycles. The fraction of sp³-hybridized carbons (Fsp3) is 0.348. The van der Waals surface area contributed by atoms with E-state index in [1.165, 1.54) is 29.3 Å². The zero-order chi connectivity index (χ0) is 20.4. The Hall–Kier alpha value is -2.60. The highest BCUT2D eigenvalue weighted by Crippen LogP contribution is 2.29. The highest BCUT2D eigenvalue weighted by Gasteiger charge is 2.21. The number of rotatable bonds is 6. The lowest BCUT2D eigenvalue weighted by atomic mass is 10.1. The zero-order valence-electron chi connectivity index (χ0n) is 17.1. The quantitative estimate of drug-likeness (QED) is 0.593. The summed E-state index contributed by atoms with van der Waals surface area (Å²) < 4.78 is 2.08. The Labute approximate surface area is 175 Å². The van der Waals surface area contributed by atoms with Crippen molar-refractivity contribution in [3.8, 4) is 11.4 Å². The Morgan fingerprint density at radius 3 is 2.76 bits per heavy atom. The summed E-state index contributed by atoms with van der Waals surface area (Å²) in [6.45, 7) is 6.81. The first-order valence-corrected chi connectivity index (χ1v) is 11.0. The number of anilines is 1. The molecule has 0 fully saturated rings. The summed E-state index contributed by atoms with van der Waals surface area (Å²) in [5, 5.41) is 12.3. The number of benzene rings is 2. The fourth-order valence-electron chi connectivity index (χ4n) is 3.79. The van der Waals surface area contributed by atoms with E-state index in [-0.39, 0.29) is 11.2 Å². The Bertz CT molecular complexity index is 1040. The summed E-state index contributed by atoms with van der Waals surface area (Å²) in [5.74, 6) is 0.829. The lowest BCUT2D eigenvalue weighted by Crippen LogP contribution is -2.23. The summed E-state index contributed by atoms with van der Waals surface area (Å²) in [6.07, 6.45) is 3.45. The van der Waals surface area contributed by atoms with Crippen LogP contribution < -0.4 is 5.32 Å². The first kappa shape index (κ1) is 19.7. The van der Waals surface area contributed by atoms with Gasteiger partial charge in [0.05, 0.1) is 5.25 Å². The molecule has 1 amide bonds. The fourth-order valence-corrected chi connectivity index (χ4v) is 4.70. The topological polar surface area (TPSA) is 59.8 Å². The van der Waals surface area contributed by atoms with Crippen LogP contribution in [-0.4, -0.2) is 25.9 Å². The third-order valence-corrected chi connectivity index (χ3v) is 6.52. The van der Waals surface area contributed by atoms with E-state index < -0.39 is 0 Å². The number of carbonyl (C=O) groups excluding carboxylic acids is 1. The van der Waals surface area contributed by atoms with Crippen LogP contribution in [0, 0.1) is 6.92 Å². The van der Waals surface area contributed by atoms with Crippen molar-refractivity contribution < 1.29 is 4.79 Å². The predicted molar refractivity (Wildman–Crippen MR) is 118 cm³/mol. The molecular weight excluding hydrogens is 380 g/mol. The van der Waals surface area contributed by atoms with E-state index in [0.29, 0.717) is 0 Å². The number of aryl methyl sites for hydroxylation is 3. The molecule has 1 aromatic heterocycles. The lowest BCUT2D eigenvalue weighted by molar-refractivity contribution is -0.115. The van der Waals surface area contributed by atoms with Gasteiger partial charge in [-0.3, -0.25) is 4.79 Å². The molecule has 5 nitrogen and oxygen atoms in total. The standard InChI is InChI=1S/C23H26N4OS/c1-4-27-21(20-11-6-5-8-15(20)2)25-26-23(27)29-16(3)22(28)24-19-13-12-17-9-7-10-18(17)14-19/h5-6,8,11-14,16H,4,7,9-10H2,1-3H3,(H,24,28)/t16-/m0/s1. The van der Waals surface area contributed by atoms with Crippen LogP contribution in [0.2, 0.25) is 0 Å². The van der Waals surface area contributed by atoms with E-state index in [9.17, 15) is 4.79 Å². The number of fused-ring (bicyclic) bond motifs is 1. The normalized spacial score (nSPS) is 13.9. The van der Waals surface area contributed by atoms with Gasteiger partial charge in [-0.25, -0.2) is 0 Å². The van der Waals surface area contributed by atoms with E-state index in [1.54, 1.807) is 0 Å². The molecular formula is C23H26N4OS. The first-order valence-electron chi connectivity index (χ1n) is 10.2. The maximum absolute atomic E-state index is 12.8. The molecule has 4 rings (SSSR count). The maximum atomic E-state index is 12.8. The molecule has 3 aromatic rings. The van der Waals surface area contributed by atoms with E-state index in [4.69, 9.17) is 0 Å². The smallest absolute Gasteiger partial charge is 0.237 e. The molecule has 1 N–H and O–H groups in total.